The van der Waals surface area contributed by atoms with Gasteiger partial charge in [-0.3, -0.25) is 0 Å². The van der Waals surface area contributed by atoms with Gasteiger partial charge in [0.2, 0.25) is 11.8 Å². The lowest BCUT2D eigenvalue weighted by atomic mass is 10.3. The van der Waals surface area contributed by atoms with E-state index in [2.05, 4.69) is 19.5 Å². The molecule has 1 unspecified atom stereocenters. The number of fused-ring (bicyclic) bond motifs is 1. The summed E-state index contributed by atoms with van der Waals surface area (Å²) in [5.74, 6) is 0.425. The number of halogens is 1. The third kappa shape index (κ3) is 3.32. The SMILES string of the molecule is N#Cc1ccc(OC2CN(c3ncc(F)cn3)Cc3cccn3C2)nc1. The molecule has 0 amide bonds. The maximum absolute atomic E-state index is 13.1. The van der Waals surface area contributed by atoms with Crippen LogP contribution >= 0.6 is 0 Å². The van der Waals surface area contributed by atoms with Gasteiger partial charge in [-0.2, -0.15) is 5.26 Å². The van der Waals surface area contributed by atoms with Gasteiger partial charge in [-0.05, 0) is 18.2 Å². The fourth-order valence-electron chi connectivity index (χ4n) is 2.94. The summed E-state index contributed by atoms with van der Waals surface area (Å²) in [4.78, 5) is 14.3. The van der Waals surface area contributed by atoms with Crippen LogP contribution in [0.25, 0.3) is 0 Å². The maximum atomic E-state index is 13.1. The van der Waals surface area contributed by atoms with Crippen LogP contribution in [0.5, 0.6) is 5.88 Å². The van der Waals surface area contributed by atoms with Crippen molar-refractivity contribution in [2.45, 2.75) is 19.2 Å². The third-order valence-electron chi connectivity index (χ3n) is 4.14. The molecule has 4 heterocycles. The van der Waals surface area contributed by atoms with Crippen molar-refractivity contribution in [3.8, 4) is 11.9 Å². The van der Waals surface area contributed by atoms with Gasteiger partial charge in [-0.15, -0.1) is 0 Å². The summed E-state index contributed by atoms with van der Waals surface area (Å²) in [5.41, 5.74) is 1.57. The average molecular weight is 350 g/mol. The Morgan fingerprint density at radius 1 is 1.12 bits per heavy atom. The Morgan fingerprint density at radius 3 is 2.69 bits per heavy atom. The van der Waals surface area contributed by atoms with Gasteiger partial charge in [0.25, 0.3) is 0 Å². The van der Waals surface area contributed by atoms with E-state index >= 15 is 0 Å². The van der Waals surface area contributed by atoms with Crippen molar-refractivity contribution in [1.29, 1.82) is 5.26 Å². The van der Waals surface area contributed by atoms with Crippen LogP contribution in [-0.4, -0.2) is 32.2 Å². The van der Waals surface area contributed by atoms with Crippen molar-refractivity contribution in [3.63, 3.8) is 0 Å². The van der Waals surface area contributed by atoms with Gasteiger partial charge >= 0.3 is 0 Å². The molecule has 7 nitrogen and oxygen atoms in total. The number of nitriles is 1. The molecule has 0 saturated carbocycles. The Balaban J connectivity index is 1.59. The van der Waals surface area contributed by atoms with Crippen LogP contribution in [0.4, 0.5) is 10.3 Å². The van der Waals surface area contributed by atoms with Crippen molar-refractivity contribution in [2.24, 2.45) is 0 Å². The molecule has 3 aromatic rings. The molecule has 3 aromatic heterocycles. The summed E-state index contributed by atoms with van der Waals surface area (Å²) >= 11 is 0. The fourth-order valence-corrected chi connectivity index (χ4v) is 2.94. The molecule has 0 bridgehead atoms. The Labute approximate surface area is 149 Å². The number of pyridine rings is 1. The number of aromatic nitrogens is 4. The van der Waals surface area contributed by atoms with Gasteiger partial charge in [0.15, 0.2) is 5.82 Å². The van der Waals surface area contributed by atoms with Crippen LogP contribution in [0.3, 0.4) is 0 Å². The van der Waals surface area contributed by atoms with E-state index in [-0.39, 0.29) is 6.10 Å². The van der Waals surface area contributed by atoms with Gasteiger partial charge in [-0.1, -0.05) is 0 Å². The highest BCUT2D eigenvalue weighted by Gasteiger charge is 2.25. The van der Waals surface area contributed by atoms with E-state index in [9.17, 15) is 4.39 Å². The van der Waals surface area contributed by atoms with Crippen LogP contribution in [-0.2, 0) is 13.1 Å². The Kier molecular flexibility index (Phi) is 4.19. The molecule has 0 radical (unpaired) electrons. The van der Waals surface area contributed by atoms with E-state index in [1.165, 1.54) is 6.20 Å². The quantitative estimate of drug-likeness (QED) is 0.720. The van der Waals surface area contributed by atoms with Gasteiger partial charge in [0.1, 0.15) is 12.2 Å². The Morgan fingerprint density at radius 2 is 1.96 bits per heavy atom. The minimum atomic E-state index is -0.471. The molecule has 0 spiro atoms. The second-order valence-corrected chi connectivity index (χ2v) is 5.97. The molecular weight excluding hydrogens is 335 g/mol. The normalized spacial score (nSPS) is 16.5. The summed E-state index contributed by atoms with van der Waals surface area (Å²) < 4.78 is 21.3. The summed E-state index contributed by atoms with van der Waals surface area (Å²) in [6.07, 6.45) is 5.58. The standard InChI is InChI=1S/C18H15FN6O/c19-14-8-22-18(23-9-14)25-10-15-2-1-5-24(15)11-16(12-25)26-17-4-3-13(6-20)7-21-17/h1-5,7-9,16H,10-12H2. The molecule has 1 atom stereocenters. The summed E-state index contributed by atoms with van der Waals surface area (Å²) in [6, 6.07) is 9.38. The van der Waals surface area contributed by atoms with E-state index in [0.29, 0.717) is 37.0 Å². The topological polar surface area (TPSA) is 79.9 Å². The van der Waals surface area contributed by atoms with Gasteiger partial charge in [-0.25, -0.2) is 19.3 Å². The number of ether oxygens (including phenoxy) is 1. The lowest BCUT2D eigenvalue weighted by molar-refractivity contribution is 0.182. The first-order valence-electron chi connectivity index (χ1n) is 8.10. The molecule has 0 fully saturated rings. The molecule has 130 valence electrons. The monoisotopic (exact) mass is 350 g/mol. The smallest absolute Gasteiger partial charge is 0.225 e. The zero-order valence-corrected chi connectivity index (χ0v) is 13.8. The van der Waals surface area contributed by atoms with Crippen molar-refractivity contribution in [3.05, 3.63) is 66.1 Å². The van der Waals surface area contributed by atoms with Crippen LogP contribution in [0, 0.1) is 17.1 Å². The predicted molar refractivity (Wildman–Crippen MR) is 90.8 cm³/mol. The molecule has 0 aliphatic carbocycles. The van der Waals surface area contributed by atoms with Gasteiger partial charge in [0, 0.05) is 24.2 Å². The number of hydrogen-bond donors (Lipinski definition) is 0. The Bertz CT molecular complexity index is 932. The van der Waals surface area contributed by atoms with Gasteiger partial charge in [0.05, 0.1) is 37.6 Å². The zero-order valence-electron chi connectivity index (χ0n) is 13.8. The molecule has 0 N–H and O–H groups in total. The van der Waals surface area contributed by atoms with E-state index in [0.717, 1.165) is 18.1 Å². The number of rotatable bonds is 3. The van der Waals surface area contributed by atoms with Gasteiger partial charge < -0.3 is 14.2 Å². The van der Waals surface area contributed by atoms with Crippen molar-refractivity contribution in [1.82, 2.24) is 19.5 Å². The molecule has 26 heavy (non-hydrogen) atoms. The highest BCUT2D eigenvalue weighted by Crippen LogP contribution is 2.20. The van der Waals surface area contributed by atoms with E-state index in [1.54, 1.807) is 12.1 Å². The highest BCUT2D eigenvalue weighted by atomic mass is 19.1. The van der Waals surface area contributed by atoms with Crippen molar-refractivity contribution >= 4 is 5.95 Å². The molecule has 0 aromatic carbocycles. The number of nitrogens with zero attached hydrogens (tertiary/aromatic N) is 6. The minimum absolute atomic E-state index is 0.210. The van der Waals surface area contributed by atoms with E-state index in [1.807, 2.05) is 29.3 Å². The molecule has 1 aliphatic heterocycles. The molecule has 0 saturated heterocycles. The molecule has 1 aliphatic rings. The predicted octanol–water partition coefficient (Wildman–Crippen LogP) is 2.15. The fraction of sp³-hybridized carbons (Fsp3) is 0.222. The zero-order chi connectivity index (χ0) is 17.9. The maximum Gasteiger partial charge on any atom is 0.225 e. The second-order valence-electron chi connectivity index (χ2n) is 5.97. The van der Waals surface area contributed by atoms with Crippen LogP contribution < -0.4 is 9.64 Å². The summed E-state index contributed by atoms with van der Waals surface area (Å²) in [5, 5.41) is 8.87. The van der Waals surface area contributed by atoms with Crippen molar-refractivity contribution in [2.75, 3.05) is 11.4 Å². The first-order chi connectivity index (χ1) is 12.7. The van der Waals surface area contributed by atoms with Crippen LogP contribution in [0.2, 0.25) is 0 Å². The second kappa shape index (κ2) is 6.80. The average Bonchev–Trinajstić information content (AvgIpc) is 3.02. The first-order valence-corrected chi connectivity index (χ1v) is 8.10. The number of hydrogen-bond acceptors (Lipinski definition) is 6. The Hall–Kier alpha value is -3.47. The molecular formula is C18H15FN6O. The summed E-state index contributed by atoms with van der Waals surface area (Å²) in [7, 11) is 0. The molecule has 4 rings (SSSR count). The van der Waals surface area contributed by atoms with Crippen molar-refractivity contribution < 1.29 is 9.13 Å². The van der Waals surface area contributed by atoms with Crippen LogP contribution in [0.1, 0.15) is 11.3 Å². The largest absolute Gasteiger partial charge is 0.471 e. The lowest BCUT2D eigenvalue weighted by Gasteiger charge is -2.24. The summed E-state index contributed by atoms with van der Waals surface area (Å²) in [6.45, 7) is 1.76. The molecule has 8 heteroatoms. The van der Waals surface area contributed by atoms with E-state index in [4.69, 9.17) is 10.00 Å². The van der Waals surface area contributed by atoms with Crippen LogP contribution in [0.15, 0.2) is 49.1 Å². The lowest BCUT2D eigenvalue weighted by Crippen LogP contribution is -2.36. The van der Waals surface area contributed by atoms with E-state index < -0.39 is 5.82 Å². The number of anilines is 1. The third-order valence-corrected chi connectivity index (χ3v) is 4.14. The minimum Gasteiger partial charge on any atom is -0.471 e. The highest BCUT2D eigenvalue weighted by molar-refractivity contribution is 5.32. The first kappa shape index (κ1) is 16.0.